The van der Waals surface area contributed by atoms with Crippen molar-refractivity contribution in [1.82, 2.24) is 20.8 Å². The Kier molecular flexibility index (Phi) is 4.47. The normalized spacial score (nSPS) is 16.2. The highest BCUT2D eigenvalue weighted by Gasteiger charge is 2.15. The van der Waals surface area contributed by atoms with E-state index in [4.69, 9.17) is 4.74 Å². The highest BCUT2D eigenvalue weighted by atomic mass is 16.5. The van der Waals surface area contributed by atoms with E-state index in [9.17, 15) is 4.79 Å². The number of aromatic amines is 1. The largest absolute Gasteiger partial charge is 0.376 e. The van der Waals surface area contributed by atoms with Crippen molar-refractivity contribution in [3.8, 4) is 0 Å². The smallest absolute Gasteiger partial charge is 0.272 e. The van der Waals surface area contributed by atoms with Gasteiger partial charge in [-0.15, -0.1) is 0 Å². The standard InChI is InChI=1S/C15H20N4O2/c20-15(14-12-3-1-2-4-13(12)18-19-14)17-9-10-21-11-5-7-16-8-6-11/h1-4,11,16H,5-10H2,(H,17,20)(H,18,19). The summed E-state index contributed by atoms with van der Waals surface area (Å²) in [5, 5.41) is 13.9. The lowest BCUT2D eigenvalue weighted by Gasteiger charge is -2.22. The number of fused-ring (bicyclic) bond motifs is 1. The van der Waals surface area contributed by atoms with Crippen LogP contribution in [0, 0.1) is 0 Å². The maximum atomic E-state index is 12.1. The molecule has 2 aromatic rings. The molecule has 21 heavy (non-hydrogen) atoms. The van der Waals surface area contributed by atoms with Gasteiger partial charge in [-0.1, -0.05) is 18.2 Å². The van der Waals surface area contributed by atoms with Crippen LogP contribution < -0.4 is 10.6 Å². The quantitative estimate of drug-likeness (QED) is 0.719. The monoisotopic (exact) mass is 288 g/mol. The number of nitrogens with one attached hydrogen (secondary N) is 3. The molecule has 1 aromatic heterocycles. The van der Waals surface area contributed by atoms with Crippen LogP contribution in [0.2, 0.25) is 0 Å². The summed E-state index contributed by atoms with van der Waals surface area (Å²) in [6.45, 7) is 3.06. The van der Waals surface area contributed by atoms with Crippen LogP contribution in [0.15, 0.2) is 24.3 Å². The van der Waals surface area contributed by atoms with E-state index in [1.807, 2.05) is 24.3 Å². The molecule has 6 heteroatoms. The summed E-state index contributed by atoms with van der Waals surface area (Å²) in [6.07, 6.45) is 2.39. The molecule has 0 bridgehead atoms. The highest BCUT2D eigenvalue weighted by Crippen LogP contribution is 2.14. The van der Waals surface area contributed by atoms with Crippen LogP contribution in [0.25, 0.3) is 10.9 Å². The third-order valence-electron chi connectivity index (χ3n) is 3.71. The Bertz CT molecular complexity index is 604. The number of nitrogens with zero attached hydrogens (tertiary/aromatic N) is 1. The third kappa shape index (κ3) is 3.40. The number of hydrogen-bond donors (Lipinski definition) is 3. The zero-order chi connectivity index (χ0) is 14.5. The molecule has 3 N–H and O–H groups in total. The lowest BCUT2D eigenvalue weighted by molar-refractivity contribution is 0.0343. The lowest BCUT2D eigenvalue weighted by atomic mass is 10.1. The molecular weight excluding hydrogens is 268 g/mol. The van der Waals surface area contributed by atoms with Gasteiger partial charge in [0.15, 0.2) is 5.69 Å². The second-order valence-corrected chi connectivity index (χ2v) is 5.19. The van der Waals surface area contributed by atoms with E-state index in [-0.39, 0.29) is 5.91 Å². The van der Waals surface area contributed by atoms with Crippen LogP contribution in [0.4, 0.5) is 0 Å². The van der Waals surface area contributed by atoms with Crippen LogP contribution in [-0.4, -0.2) is 48.4 Å². The summed E-state index contributed by atoms with van der Waals surface area (Å²) < 4.78 is 5.76. The number of H-pyrrole nitrogens is 1. The molecule has 3 rings (SSSR count). The van der Waals surface area contributed by atoms with Gasteiger partial charge in [-0.3, -0.25) is 9.89 Å². The molecule has 0 atom stereocenters. The molecule has 0 aliphatic carbocycles. The van der Waals surface area contributed by atoms with Gasteiger partial charge < -0.3 is 15.4 Å². The fourth-order valence-electron chi connectivity index (χ4n) is 2.57. The first-order valence-electron chi connectivity index (χ1n) is 7.38. The maximum absolute atomic E-state index is 12.1. The van der Waals surface area contributed by atoms with Gasteiger partial charge in [-0.2, -0.15) is 5.10 Å². The number of amides is 1. The average molecular weight is 288 g/mol. The minimum absolute atomic E-state index is 0.165. The first-order chi connectivity index (χ1) is 10.3. The molecule has 6 nitrogen and oxygen atoms in total. The molecule has 1 aliphatic heterocycles. The van der Waals surface area contributed by atoms with Crippen molar-refractivity contribution in [2.75, 3.05) is 26.2 Å². The second-order valence-electron chi connectivity index (χ2n) is 5.19. The van der Waals surface area contributed by atoms with Gasteiger partial charge in [-0.05, 0) is 32.0 Å². The average Bonchev–Trinajstić information content (AvgIpc) is 2.96. The van der Waals surface area contributed by atoms with Crippen molar-refractivity contribution in [3.63, 3.8) is 0 Å². The van der Waals surface area contributed by atoms with E-state index >= 15 is 0 Å². The molecule has 0 spiro atoms. The minimum Gasteiger partial charge on any atom is -0.376 e. The number of rotatable bonds is 5. The lowest BCUT2D eigenvalue weighted by Crippen LogP contribution is -2.34. The maximum Gasteiger partial charge on any atom is 0.272 e. The second kappa shape index (κ2) is 6.69. The Labute approximate surface area is 123 Å². The predicted octanol–water partition coefficient (Wildman–Crippen LogP) is 1.06. The van der Waals surface area contributed by atoms with Crippen LogP contribution in [-0.2, 0) is 4.74 Å². The first kappa shape index (κ1) is 14.0. The molecule has 1 aliphatic rings. The summed E-state index contributed by atoms with van der Waals surface area (Å²) in [5.41, 5.74) is 1.31. The van der Waals surface area contributed by atoms with Crippen molar-refractivity contribution >= 4 is 16.8 Å². The minimum atomic E-state index is -0.165. The zero-order valence-corrected chi connectivity index (χ0v) is 11.9. The Morgan fingerprint density at radius 1 is 1.33 bits per heavy atom. The number of ether oxygens (including phenoxy) is 1. The zero-order valence-electron chi connectivity index (χ0n) is 11.9. The van der Waals surface area contributed by atoms with Gasteiger partial charge >= 0.3 is 0 Å². The number of aromatic nitrogens is 2. The van der Waals surface area contributed by atoms with Crippen molar-refractivity contribution in [3.05, 3.63) is 30.0 Å². The summed E-state index contributed by atoms with van der Waals surface area (Å²) in [4.78, 5) is 12.1. The van der Waals surface area contributed by atoms with Gasteiger partial charge in [0.2, 0.25) is 0 Å². The Hall–Kier alpha value is -1.92. The van der Waals surface area contributed by atoms with Gasteiger partial charge in [0.25, 0.3) is 5.91 Å². The molecule has 1 aromatic carbocycles. The van der Waals surface area contributed by atoms with Crippen LogP contribution >= 0.6 is 0 Å². The summed E-state index contributed by atoms with van der Waals surface area (Å²) >= 11 is 0. The summed E-state index contributed by atoms with van der Waals surface area (Å²) in [5.74, 6) is -0.165. The fraction of sp³-hybridized carbons (Fsp3) is 0.467. The van der Waals surface area contributed by atoms with Gasteiger partial charge in [-0.25, -0.2) is 0 Å². The van der Waals surface area contributed by atoms with Crippen molar-refractivity contribution in [2.45, 2.75) is 18.9 Å². The molecule has 0 radical (unpaired) electrons. The van der Waals surface area contributed by atoms with Crippen LogP contribution in [0.3, 0.4) is 0 Å². The molecule has 1 fully saturated rings. The molecule has 0 unspecified atom stereocenters. The van der Waals surface area contributed by atoms with Gasteiger partial charge in [0.05, 0.1) is 18.2 Å². The molecule has 112 valence electrons. The first-order valence-corrected chi connectivity index (χ1v) is 7.38. The van der Waals surface area contributed by atoms with E-state index in [0.29, 0.717) is 24.9 Å². The number of carbonyl (C=O) groups excluding carboxylic acids is 1. The summed E-state index contributed by atoms with van der Waals surface area (Å²) in [7, 11) is 0. The third-order valence-corrected chi connectivity index (χ3v) is 3.71. The number of benzene rings is 1. The molecular formula is C15H20N4O2. The van der Waals surface area contributed by atoms with Crippen molar-refractivity contribution in [1.29, 1.82) is 0 Å². The topological polar surface area (TPSA) is 79.0 Å². The van der Waals surface area contributed by atoms with E-state index in [1.165, 1.54) is 0 Å². The number of hydrogen-bond acceptors (Lipinski definition) is 4. The van der Waals surface area contributed by atoms with E-state index in [2.05, 4.69) is 20.8 Å². The van der Waals surface area contributed by atoms with Crippen LogP contribution in [0.5, 0.6) is 0 Å². The number of para-hydroxylation sites is 1. The fourth-order valence-corrected chi connectivity index (χ4v) is 2.57. The predicted molar refractivity (Wildman–Crippen MR) is 80.3 cm³/mol. The number of piperidine rings is 1. The van der Waals surface area contributed by atoms with Gasteiger partial charge in [0.1, 0.15) is 0 Å². The summed E-state index contributed by atoms with van der Waals surface area (Å²) in [6, 6.07) is 7.60. The van der Waals surface area contributed by atoms with Crippen LogP contribution in [0.1, 0.15) is 23.3 Å². The molecule has 2 heterocycles. The SMILES string of the molecule is O=C(NCCOC1CCNCC1)c1n[nH]c2ccccc12. The molecule has 1 amide bonds. The van der Waals surface area contributed by atoms with Crippen molar-refractivity contribution < 1.29 is 9.53 Å². The molecule has 1 saturated heterocycles. The molecule has 0 saturated carbocycles. The van der Waals surface area contributed by atoms with E-state index < -0.39 is 0 Å². The Balaban J connectivity index is 1.48. The highest BCUT2D eigenvalue weighted by molar-refractivity contribution is 6.04. The van der Waals surface area contributed by atoms with Crippen molar-refractivity contribution in [2.24, 2.45) is 0 Å². The Morgan fingerprint density at radius 3 is 3.00 bits per heavy atom. The van der Waals surface area contributed by atoms with Gasteiger partial charge in [0, 0.05) is 11.9 Å². The number of carbonyl (C=O) groups is 1. The van der Waals surface area contributed by atoms with E-state index in [0.717, 1.165) is 36.8 Å². The van der Waals surface area contributed by atoms with E-state index in [1.54, 1.807) is 0 Å². The Morgan fingerprint density at radius 2 is 2.14 bits per heavy atom.